The highest BCUT2D eigenvalue weighted by Gasteiger charge is 2.28. The SMILES string of the molecule is COc1c(-c2ccc3cc(F)ccc3n2)ccc2c1C(O)c1ccccc1CO2. The molecule has 1 aliphatic heterocycles. The molecule has 0 bridgehead atoms. The molecule has 4 nitrogen and oxygen atoms in total. The molecule has 5 heteroatoms. The molecule has 1 aromatic heterocycles. The average molecular weight is 387 g/mol. The molecular weight excluding hydrogens is 369 g/mol. The number of fused-ring (bicyclic) bond motifs is 3. The summed E-state index contributed by atoms with van der Waals surface area (Å²) in [6, 6.07) is 19.5. The highest BCUT2D eigenvalue weighted by molar-refractivity contribution is 5.83. The molecule has 0 amide bonds. The van der Waals surface area contributed by atoms with E-state index in [0.29, 0.717) is 34.9 Å². The van der Waals surface area contributed by atoms with Crippen LogP contribution in [0.5, 0.6) is 11.5 Å². The lowest BCUT2D eigenvalue weighted by atomic mass is 9.94. The number of pyridine rings is 1. The second-order valence-corrected chi connectivity index (χ2v) is 6.98. The van der Waals surface area contributed by atoms with E-state index < -0.39 is 6.10 Å². The Labute approximate surface area is 167 Å². The van der Waals surface area contributed by atoms with Crippen LogP contribution in [0.3, 0.4) is 0 Å². The van der Waals surface area contributed by atoms with E-state index >= 15 is 0 Å². The van der Waals surface area contributed by atoms with Crippen molar-refractivity contribution in [3.63, 3.8) is 0 Å². The summed E-state index contributed by atoms with van der Waals surface area (Å²) in [5.74, 6) is 0.798. The van der Waals surface area contributed by atoms with Gasteiger partial charge in [0.05, 0.1) is 23.9 Å². The zero-order valence-corrected chi connectivity index (χ0v) is 15.7. The standard InChI is InChI=1S/C24H18FNO3/c1-28-24-18(20-9-6-14-12-16(25)7-10-19(14)26-20)8-11-21-22(24)23(27)17-5-3-2-4-15(17)13-29-21/h2-12,23,27H,13H2,1H3. The summed E-state index contributed by atoms with van der Waals surface area (Å²) in [5, 5.41) is 11.9. The highest BCUT2D eigenvalue weighted by Crippen LogP contribution is 2.45. The van der Waals surface area contributed by atoms with Crippen molar-refractivity contribution in [1.29, 1.82) is 0 Å². The third-order valence-corrected chi connectivity index (χ3v) is 5.29. The highest BCUT2D eigenvalue weighted by atomic mass is 19.1. The number of nitrogens with zero attached hydrogens (tertiary/aromatic N) is 1. The van der Waals surface area contributed by atoms with Gasteiger partial charge in [-0.3, -0.25) is 0 Å². The second kappa shape index (κ2) is 6.87. The Morgan fingerprint density at radius 1 is 1.07 bits per heavy atom. The molecule has 0 spiro atoms. The summed E-state index contributed by atoms with van der Waals surface area (Å²) in [4.78, 5) is 4.67. The summed E-state index contributed by atoms with van der Waals surface area (Å²) < 4.78 is 25.2. The minimum atomic E-state index is -0.881. The molecule has 5 rings (SSSR count). The van der Waals surface area contributed by atoms with E-state index in [4.69, 9.17) is 9.47 Å². The fourth-order valence-electron chi connectivity index (χ4n) is 3.88. The third-order valence-electron chi connectivity index (χ3n) is 5.29. The fraction of sp³-hybridized carbons (Fsp3) is 0.125. The van der Waals surface area contributed by atoms with Gasteiger partial charge < -0.3 is 14.6 Å². The molecule has 1 unspecified atom stereocenters. The Morgan fingerprint density at radius 3 is 2.79 bits per heavy atom. The first-order valence-corrected chi connectivity index (χ1v) is 9.32. The van der Waals surface area contributed by atoms with Gasteiger partial charge in [0.15, 0.2) is 0 Å². The number of hydrogen-bond donors (Lipinski definition) is 1. The van der Waals surface area contributed by atoms with Gasteiger partial charge in [0.25, 0.3) is 0 Å². The average Bonchev–Trinajstić information content (AvgIpc) is 2.90. The number of rotatable bonds is 2. The van der Waals surface area contributed by atoms with Crippen LogP contribution >= 0.6 is 0 Å². The van der Waals surface area contributed by atoms with Crippen molar-refractivity contribution in [2.45, 2.75) is 12.7 Å². The lowest BCUT2D eigenvalue weighted by molar-refractivity contribution is 0.212. The van der Waals surface area contributed by atoms with Gasteiger partial charge in [-0.2, -0.15) is 0 Å². The summed E-state index contributed by atoms with van der Waals surface area (Å²) in [6.45, 7) is 0.378. The minimum Gasteiger partial charge on any atom is -0.495 e. The molecule has 0 radical (unpaired) electrons. The Kier molecular flexibility index (Phi) is 4.18. The van der Waals surface area contributed by atoms with Gasteiger partial charge in [-0.15, -0.1) is 0 Å². The van der Waals surface area contributed by atoms with Crippen LogP contribution in [-0.2, 0) is 6.61 Å². The van der Waals surface area contributed by atoms with E-state index in [9.17, 15) is 9.50 Å². The molecule has 1 atom stereocenters. The van der Waals surface area contributed by atoms with E-state index in [1.165, 1.54) is 12.1 Å². The largest absolute Gasteiger partial charge is 0.495 e. The molecule has 0 saturated carbocycles. The van der Waals surface area contributed by atoms with Crippen LogP contribution in [0.15, 0.2) is 66.7 Å². The van der Waals surface area contributed by atoms with Crippen molar-refractivity contribution < 1.29 is 19.0 Å². The third kappa shape index (κ3) is 2.91. The van der Waals surface area contributed by atoms with Gasteiger partial charge >= 0.3 is 0 Å². The van der Waals surface area contributed by atoms with Crippen molar-refractivity contribution in [3.05, 3.63) is 89.2 Å². The van der Waals surface area contributed by atoms with E-state index in [2.05, 4.69) is 4.98 Å². The van der Waals surface area contributed by atoms with E-state index in [0.717, 1.165) is 22.1 Å². The Bertz CT molecular complexity index is 1240. The second-order valence-electron chi connectivity index (χ2n) is 6.98. The van der Waals surface area contributed by atoms with Gasteiger partial charge in [0, 0.05) is 10.9 Å². The van der Waals surface area contributed by atoms with Crippen LogP contribution in [0.1, 0.15) is 22.8 Å². The minimum absolute atomic E-state index is 0.298. The van der Waals surface area contributed by atoms with E-state index in [1.807, 2.05) is 48.5 Å². The maximum Gasteiger partial charge on any atom is 0.138 e. The van der Waals surface area contributed by atoms with Gasteiger partial charge in [0.1, 0.15) is 30.0 Å². The predicted molar refractivity (Wildman–Crippen MR) is 109 cm³/mol. The van der Waals surface area contributed by atoms with Crippen LogP contribution in [0.4, 0.5) is 4.39 Å². The zero-order valence-electron chi connectivity index (χ0n) is 15.7. The Hall–Kier alpha value is -3.44. The smallest absolute Gasteiger partial charge is 0.138 e. The molecule has 1 aliphatic rings. The van der Waals surface area contributed by atoms with E-state index in [-0.39, 0.29) is 5.82 Å². The van der Waals surface area contributed by atoms with Crippen LogP contribution in [-0.4, -0.2) is 17.2 Å². The first kappa shape index (κ1) is 17.6. The molecule has 4 aromatic rings. The summed E-state index contributed by atoms with van der Waals surface area (Å²) >= 11 is 0. The lowest BCUT2D eigenvalue weighted by Crippen LogP contribution is -2.05. The van der Waals surface area contributed by atoms with Crippen molar-refractivity contribution >= 4 is 10.9 Å². The van der Waals surface area contributed by atoms with Gasteiger partial charge in [-0.25, -0.2) is 9.37 Å². The van der Waals surface area contributed by atoms with Crippen molar-refractivity contribution in [2.24, 2.45) is 0 Å². The fourth-order valence-corrected chi connectivity index (χ4v) is 3.88. The monoisotopic (exact) mass is 387 g/mol. The van der Waals surface area contributed by atoms with Crippen molar-refractivity contribution in [1.82, 2.24) is 4.98 Å². The number of aliphatic hydroxyl groups excluding tert-OH is 1. The summed E-state index contributed by atoms with van der Waals surface area (Å²) in [7, 11) is 1.57. The molecular formula is C24H18FNO3. The molecule has 0 saturated heterocycles. The number of aliphatic hydroxyl groups is 1. The Morgan fingerprint density at radius 2 is 1.93 bits per heavy atom. The number of hydrogen-bond acceptors (Lipinski definition) is 4. The number of ether oxygens (including phenoxy) is 2. The number of methoxy groups -OCH3 is 1. The molecule has 2 heterocycles. The van der Waals surface area contributed by atoms with E-state index in [1.54, 1.807) is 13.2 Å². The molecule has 29 heavy (non-hydrogen) atoms. The molecule has 0 aliphatic carbocycles. The first-order valence-electron chi connectivity index (χ1n) is 9.32. The molecule has 1 N–H and O–H groups in total. The van der Waals surface area contributed by atoms with Gasteiger partial charge in [0.2, 0.25) is 0 Å². The van der Waals surface area contributed by atoms with Crippen molar-refractivity contribution in [2.75, 3.05) is 7.11 Å². The summed E-state index contributed by atoms with van der Waals surface area (Å²) in [6.07, 6.45) is -0.881. The first-order chi connectivity index (χ1) is 14.2. The predicted octanol–water partition coefficient (Wildman–Crippen LogP) is 5.02. The van der Waals surface area contributed by atoms with Crippen LogP contribution in [0.25, 0.3) is 22.2 Å². The number of benzene rings is 3. The Balaban J connectivity index is 1.70. The van der Waals surface area contributed by atoms with Crippen molar-refractivity contribution in [3.8, 4) is 22.8 Å². The summed E-state index contributed by atoms with van der Waals surface area (Å²) in [5.41, 5.74) is 4.40. The van der Waals surface area contributed by atoms with Gasteiger partial charge in [-0.05, 0) is 47.5 Å². The zero-order chi connectivity index (χ0) is 20.0. The number of aromatic nitrogens is 1. The number of halogens is 1. The lowest BCUT2D eigenvalue weighted by Gasteiger charge is -2.19. The maximum absolute atomic E-state index is 13.5. The molecule has 0 fully saturated rings. The topological polar surface area (TPSA) is 51.6 Å². The molecule has 3 aromatic carbocycles. The molecule has 144 valence electrons. The van der Waals surface area contributed by atoms with Crippen LogP contribution in [0, 0.1) is 5.82 Å². The quantitative estimate of drug-likeness (QED) is 0.525. The van der Waals surface area contributed by atoms with Crippen LogP contribution < -0.4 is 9.47 Å². The van der Waals surface area contributed by atoms with Gasteiger partial charge in [-0.1, -0.05) is 30.3 Å². The maximum atomic E-state index is 13.5. The van der Waals surface area contributed by atoms with Crippen LogP contribution in [0.2, 0.25) is 0 Å². The normalized spacial score (nSPS) is 15.2.